The molecule has 0 bridgehead atoms. The Labute approximate surface area is 206 Å². The Morgan fingerprint density at radius 3 is 2.20 bits per heavy atom. The number of hydrogen-bond donors (Lipinski definition) is 1. The summed E-state index contributed by atoms with van der Waals surface area (Å²) in [6.45, 7) is 1.52. The highest BCUT2D eigenvalue weighted by Crippen LogP contribution is 2.34. The van der Waals surface area contributed by atoms with Crippen LogP contribution < -0.4 is 23.8 Å². The molecule has 3 rings (SSSR count). The maximum absolute atomic E-state index is 13.0. The summed E-state index contributed by atoms with van der Waals surface area (Å²) >= 11 is 0. The number of para-hydroxylation sites is 3. The fraction of sp³-hybridized carbons (Fsp3) is 0.269. The molecule has 186 valence electrons. The summed E-state index contributed by atoms with van der Waals surface area (Å²) in [4.78, 5) is 13.0. The number of anilines is 1. The standard InChI is InChI=1S/C26H30N2O6S/c1-5-21(19-15-16-24(32-2)25(17-19)33-3)27-26(29)18-28(35(4,30)31)22-13-9-10-14-23(22)34-20-11-7-6-8-12-20/h6-17,21H,5,18H2,1-4H3,(H,27,29). The maximum atomic E-state index is 13.0. The summed E-state index contributed by atoms with van der Waals surface area (Å²) in [5, 5.41) is 2.93. The van der Waals surface area contributed by atoms with Crippen molar-refractivity contribution in [2.45, 2.75) is 19.4 Å². The normalized spacial score (nSPS) is 11.9. The number of hydrogen-bond acceptors (Lipinski definition) is 6. The molecule has 0 aromatic heterocycles. The van der Waals surface area contributed by atoms with Crippen LogP contribution >= 0.6 is 0 Å². The van der Waals surface area contributed by atoms with Gasteiger partial charge in [-0.3, -0.25) is 9.10 Å². The Balaban J connectivity index is 1.84. The van der Waals surface area contributed by atoms with Crippen LogP contribution in [0.4, 0.5) is 5.69 Å². The van der Waals surface area contributed by atoms with E-state index < -0.39 is 22.5 Å². The Morgan fingerprint density at radius 1 is 0.914 bits per heavy atom. The van der Waals surface area contributed by atoms with E-state index in [2.05, 4.69) is 5.32 Å². The van der Waals surface area contributed by atoms with Crippen molar-refractivity contribution >= 4 is 21.6 Å². The van der Waals surface area contributed by atoms with Crippen LogP contribution in [0.25, 0.3) is 0 Å². The van der Waals surface area contributed by atoms with Gasteiger partial charge in [-0.2, -0.15) is 0 Å². The first-order chi connectivity index (χ1) is 16.8. The summed E-state index contributed by atoms with van der Waals surface area (Å²) < 4.78 is 43.0. The van der Waals surface area contributed by atoms with E-state index in [1.165, 1.54) is 0 Å². The highest BCUT2D eigenvalue weighted by molar-refractivity contribution is 7.92. The van der Waals surface area contributed by atoms with Crippen LogP contribution in [-0.2, 0) is 14.8 Å². The molecular weight excluding hydrogens is 468 g/mol. The van der Waals surface area contributed by atoms with Crippen LogP contribution in [-0.4, -0.2) is 41.3 Å². The summed E-state index contributed by atoms with van der Waals surface area (Å²) in [6.07, 6.45) is 1.65. The number of methoxy groups -OCH3 is 2. The summed E-state index contributed by atoms with van der Waals surface area (Å²) in [5.41, 5.74) is 1.09. The molecule has 0 aliphatic carbocycles. The Bertz CT molecular complexity index is 1250. The molecule has 35 heavy (non-hydrogen) atoms. The number of rotatable bonds is 11. The molecule has 0 spiro atoms. The Kier molecular flexibility index (Phi) is 8.59. The smallest absolute Gasteiger partial charge is 0.241 e. The molecule has 1 unspecified atom stereocenters. The van der Waals surface area contributed by atoms with E-state index in [4.69, 9.17) is 14.2 Å². The minimum absolute atomic E-state index is 0.271. The van der Waals surface area contributed by atoms with Crippen molar-refractivity contribution < 1.29 is 27.4 Å². The van der Waals surface area contributed by atoms with Gasteiger partial charge >= 0.3 is 0 Å². The lowest BCUT2D eigenvalue weighted by molar-refractivity contribution is -0.120. The number of nitrogens with one attached hydrogen (secondary N) is 1. The van der Waals surface area contributed by atoms with E-state index in [0.717, 1.165) is 16.1 Å². The van der Waals surface area contributed by atoms with E-state index >= 15 is 0 Å². The molecule has 8 nitrogen and oxygen atoms in total. The summed E-state index contributed by atoms with van der Waals surface area (Å²) in [7, 11) is -0.706. The zero-order chi connectivity index (χ0) is 25.4. The van der Waals surface area contributed by atoms with Gasteiger partial charge in [-0.1, -0.05) is 43.3 Å². The number of carbonyl (C=O) groups is 1. The number of sulfonamides is 1. The van der Waals surface area contributed by atoms with E-state index in [9.17, 15) is 13.2 Å². The SMILES string of the molecule is CCC(NC(=O)CN(c1ccccc1Oc1ccccc1)S(C)(=O)=O)c1ccc(OC)c(OC)c1. The molecule has 9 heteroatoms. The number of benzene rings is 3. The number of ether oxygens (including phenoxy) is 3. The molecule has 0 heterocycles. The second-order valence-electron chi connectivity index (χ2n) is 7.80. The molecular formula is C26H30N2O6S. The number of nitrogens with zero attached hydrogens (tertiary/aromatic N) is 1. The zero-order valence-electron chi connectivity index (χ0n) is 20.2. The molecule has 1 amide bonds. The lowest BCUT2D eigenvalue weighted by Crippen LogP contribution is -2.41. The van der Waals surface area contributed by atoms with Gasteiger partial charge in [0.15, 0.2) is 17.2 Å². The van der Waals surface area contributed by atoms with Crippen LogP contribution in [0.3, 0.4) is 0 Å². The van der Waals surface area contributed by atoms with Crippen molar-refractivity contribution in [1.29, 1.82) is 0 Å². The first-order valence-electron chi connectivity index (χ1n) is 11.1. The van der Waals surface area contributed by atoms with E-state index in [1.54, 1.807) is 62.8 Å². The van der Waals surface area contributed by atoms with Crippen molar-refractivity contribution in [2.75, 3.05) is 31.3 Å². The fourth-order valence-corrected chi connectivity index (χ4v) is 4.47. The third-order valence-corrected chi connectivity index (χ3v) is 6.47. The van der Waals surface area contributed by atoms with Gasteiger partial charge in [0.1, 0.15) is 12.3 Å². The van der Waals surface area contributed by atoms with Gasteiger partial charge in [0.25, 0.3) is 0 Å². The summed E-state index contributed by atoms with van der Waals surface area (Å²) in [6, 6.07) is 20.8. The van der Waals surface area contributed by atoms with Gasteiger partial charge in [0.05, 0.1) is 32.2 Å². The van der Waals surface area contributed by atoms with Gasteiger partial charge in [0, 0.05) is 0 Å². The molecule has 0 saturated carbocycles. The summed E-state index contributed by atoms with van der Waals surface area (Å²) in [5.74, 6) is 1.55. The fourth-order valence-electron chi connectivity index (χ4n) is 3.61. The second kappa shape index (κ2) is 11.6. The van der Waals surface area contributed by atoms with Crippen molar-refractivity contribution in [3.05, 3.63) is 78.4 Å². The average Bonchev–Trinajstić information content (AvgIpc) is 2.86. The predicted molar refractivity (Wildman–Crippen MR) is 136 cm³/mol. The van der Waals surface area contributed by atoms with E-state index in [0.29, 0.717) is 29.4 Å². The van der Waals surface area contributed by atoms with Crippen LogP contribution in [0.1, 0.15) is 24.9 Å². The zero-order valence-corrected chi connectivity index (χ0v) is 21.0. The van der Waals surface area contributed by atoms with Crippen molar-refractivity contribution in [3.63, 3.8) is 0 Å². The maximum Gasteiger partial charge on any atom is 0.241 e. The number of amides is 1. The molecule has 0 saturated heterocycles. The molecule has 0 aliphatic rings. The van der Waals surface area contributed by atoms with Gasteiger partial charge in [-0.15, -0.1) is 0 Å². The first-order valence-corrected chi connectivity index (χ1v) is 12.9. The third-order valence-electron chi connectivity index (χ3n) is 5.35. The molecule has 0 aliphatic heterocycles. The average molecular weight is 499 g/mol. The van der Waals surface area contributed by atoms with Gasteiger partial charge in [-0.25, -0.2) is 8.42 Å². The minimum atomic E-state index is -3.80. The van der Waals surface area contributed by atoms with Crippen molar-refractivity contribution in [1.82, 2.24) is 5.32 Å². The minimum Gasteiger partial charge on any atom is -0.493 e. The monoisotopic (exact) mass is 498 g/mol. The van der Waals surface area contributed by atoms with E-state index in [1.807, 2.05) is 31.2 Å². The third kappa shape index (κ3) is 6.66. The molecule has 1 atom stereocenters. The second-order valence-corrected chi connectivity index (χ2v) is 9.70. The predicted octanol–water partition coefficient (Wildman–Crippen LogP) is 4.53. The van der Waals surface area contributed by atoms with Gasteiger partial charge in [-0.05, 0) is 48.4 Å². The molecule has 3 aromatic rings. The van der Waals surface area contributed by atoms with Gasteiger partial charge < -0.3 is 19.5 Å². The molecule has 3 aromatic carbocycles. The van der Waals surface area contributed by atoms with Gasteiger partial charge in [0.2, 0.25) is 15.9 Å². The van der Waals surface area contributed by atoms with Crippen molar-refractivity contribution in [2.24, 2.45) is 0 Å². The molecule has 1 N–H and O–H groups in total. The molecule has 0 fully saturated rings. The van der Waals surface area contributed by atoms with Crippen molar-refractivity contribution in [3.8, 4) is 23.0 Å². The Hall–Kier alpha value is -3.72. The first kappa shape index (κ1) is 25.9. The lowest BCUT2D eigenvalue weighted by atomic mass is 10.0. The van der Waals surface area contributed by atoms with Crippen LogP contribution in [0.2, 0.25) is 0 Å². The topological polar surface area (TPSA) is 94.2 Å². The number of carbonyl (C=O) groups excluding carboxylic acids is 1. The van der Waals surface area contributed by atoms with Crippen LogP contribution in [0.15, 0.2) is 72.8 Å². The van der Waals surface area contributed by atoms with Crippen LogP contribution in [0, 0.1) is 0 Å². The Morgan fingerprint density at radius 2 is 1.57 bits per heavy atom. The van der Waals surface area contributed by atoms with E-state index in [-0.39, 0.29) is 11.7 Å². The quantitative estimate of drug-likeness (QED) is 0.418. The molecule has 0 radical (unpaired) electrons. The van der Waals surface area contributed by atoms with Crippen LogP contribution in [0.5, 0.6) is 23.0 Å². The highest BCUT2D eigenvalue weighted by Gasteiger charge is 2.25. The lowest BCUT2D eigenvalue weighted by Gasteiger charge is -2.26. The largest absolute Gasteiger partial charge is 0.493 e. The highest BCUT2D eigenvalue weighted by atomic mass is 32.2.